The Labute approximate surface area is 170 Å². The van der Waals surface area contributed by atoms with Crippen molar-refractivity contribution in [2.24, 2.45) is 5.92 Å². The number of nitrogens with zero attached hydrogens (tertiary/aromatic N) is 1. The average Bonchev–Trinajstić information content (AvgIpc) is 2.62. The number of esters is 1. The first kappa shape index (κ1) is 23.2. The number of hydrogen-bond donors (Lipinski definition) is 0. The van der Waals surface area contributed by atoms with E-state index in [2.05, 4.69) is 81.4 Å². The maximum atomic E-state index is 11.9. The zero-order valence-corrected chi connectivity index (χ0v) is 17.8. The molecule has 2 atom stereocenters. The van der Waals surface area contributed by atoms with E-state index in [0.717, 1.165) is 13.0 Å². The summed E-state index contributed by atoms with van der Waals surface area (Å²) in [6.45, 7) is 6.74. The highest BCUT2D eigenvalue weighted by molar-refractivity contribution is 5.85. The van der Waals surface area contributed by atoms with Crippen LogP contribution in [0.5, 0.6) is 0 Å². The van der Waals surface area contributed by atoms with Crippen LogP contribution in [0.4, 0.5) is 0 Å². The third kappa shape index (κ3) is 5.12. The highest BCUT2D eigenvalue weighted by Crippen LogP contribution is 2.45. The van der Waals surface area contributed by atoms with Crippen LogP contribution in [0.2, 0.25) is 0 Å². The molecule has 0 aliphatic heterocycles. The molecule has 2 aromatic carbocycles. The Bertz CT molecular complexity index is 649. The van der Waals surface area contributed by atoms with Gasteiger partial charge in [0.1, 0.15) is 6.10 Å². The summed E-state index contributed by atoms with van der Waals surface area (Å²) in [5, 5.41) is 0. The lowest BCUT2D eigenvalue weighted by atomic mass is 9.62. The molecule has 0 radical (unpaired) electrons. The fourth-order valence-corrected chi connectivity index (χ4v) is 4.24. The van der Waals surface area contributed by atoms with Gasteiger partial charge in [0.15, 0.2) is 0 Å². The summed E-state index contributed by atoms with van der Waals surface area (Å²) >= 11 is 0. The number of halogens is 1. The molecule has 0 fully saturated rings. The second-order valence-electron chi connectivity index (χ2n) is 7.27. The molecule has 0 unspecified atom stereocenters. The van der Waals surface area contributed by atoms with E-state index in [4.69, 9.17) is 4.74 Å². The fraction of sp³-hybridized carbons (Fsp3) is 0.435. The van der Waals surface area contributed by atoms with Crippen molar-refractivity contribution in [3.05, 3.63) is 71.8 Å². The highest BCUT2D eigenvalue weighted by atomic mass is 35.5. The lowest BCUT2D eigenvalue weighted by Gasteiger charge is -2.46. The minimum Gasteiger partial charge on any atom is -0.461 e. The van der Waals surface area contributed by atoms with Crippen molar-refractivity contribution >= 4 is 18.4 Å². The molecule has 3 nitrogen and oxygen atoms in total. The molecule has 0 saturated heterocycles. The molecule has 0 spiro atoms. The average molecular weight is 390 g/mol. The summed E-state index contributed by atoms with van der Waals surface area (Å²) in [5.41, 5.74) is 1.97. The van der Waals surface area contributed by atoms with E-state index in [1.807, 2.05) is 12.1 Å². The summed E-state index contributed by atoms with van der Waals surface area (Å²) in [7, 11) is 4.17. The van der Waals surface area contributed by atoms with Gasteiger partial charge in [0.05, 0.1) is 5.41 Å². The molecular formula is C23H32ClNO2. The van der Waals surface area contributed by atoms with Gasteiger partial charge in [0.25, 0.3) is 0 Å². The Kier molecular flexibility index (Phi) is 9.01. The monoisotopic (exact) mass is 389 g/mol. The molecule has 0 aliphatic carbocycles. The number of rotatable bonds is 8. The number of carbonyl (C=O) groups excluding carboxylic acids is 1. The maximum absolute atomic E-state index is 11.9. The molecule has 0 aromatic heterocycles. The summed E-state index contributed by atoms with van der Waals surface area (Å²) in [6, 6.07) is 21.0. The third-order valence-corrected chi connectivity index (χ3v) is 5.11. The highest BCUT2D eigenvalue weighted by Gasteiger charge is 2.47. The van der Waals surface area contributed by atoms with E-state index in [9.17, 15) is 4.79 Å². The molecule has 0 aliphatic rings. The SMILES string of the molecule is CC[C@@H](OC(C)=O)C(c1ccccc1)(c1ccccc1)[C@@H](C)CN(C)C.Cl. The van der Waals surface area contributed by atoms with Crippen LogP contribution in [0.25, 0.3) is 0 Å². The maximum Gasteiger partial charge on any atom is 0.302 e. The smallest absolute Gasteiger partial charge is 0.302 e. The second-order valence-corrected chi connectivity index (χ2v) is 7.27. The van der Waals surface area contributed by atoms with Crippen molar-refractivity contribution < 1.29 is 9.53 Å². The van der Waals surface area contributed by atoms with Crippen molar-refractivity contribution in [2.75, 3.05) is 20.6 Å². The van der Waals surface area contributed by atoms with Crippen LogP contribution in [0.1, 0.15) is 38.3 Å². The minimum absolute atomic E-state index is 0. The molecule has 0 bridgehead atoms. The van der Waals surface area contributed by atoms with Crippen LogP contribution in [0.3, 0.4) is 0 Å². The minimum atomic E-state index is -0.410. The fourth-order valence-electron chi connectivity index (χ4n) is 4.24. The van der Waals surface area contributed by atoms with E-state index in [1.54, 1.807) is 0 Å². The van der Waals surface area contributed by atoms with Gasteiger partial charge in [-0.2, -0.15) is 0 Å². The molecule has 27 heavy (non-hydrogen) atoms. The van der Waals surface area contributed by atoms with Crippen molar-refractivity contribution in [3.63, 3.8) is 0 Å². The Balaban J connectivity index is 0.00000364. The largest absolute Gasteiger partial charge is 0.461 e. The van der Waals surface area contributed by atoms with Gasteiger partial charge in [-0.1, -0.05) is 74.5 Å². The van der Waals surface area contributed by atoms with Crippen LogP contribution in [0.15, 0.2) is 60.7 Å². The number of carbonyl (C=O) groups is 1. The summed E-state index contributed by atoms with van der Waals surface area (Å²) < 4.78 is 5.92. The van der Waals surface area contributed by atoms with E-state index in [-0.39, 0.29) is 30.4 Å². The van der Waals surface area contributed by atoms with Crippen LogP contribution < -0.4 is 0 Å². The molecule has 148 valence electrons. The molecule has 2 aromatic rings. The molecule has 0 N–H and O–H groups in total. The lowest BCUT2D eigenvalue weighted by molar-refractivity contribution is -0.150. The molecular weight excluding hydrogens is 358 g/mol. The van der Waals surface area contributed by atoms with Gasteiger partial charge in [-0.3, -0.25) is 4.79 Å². The first-order valence-electron chi connectivity index (χ1n) is 9.35. The Morgan fingerprint density at radius 3 is 1.78 bits per heavy atom. The van der Waals surface area contributed by atoms with Crippen LogP contribution in [0, 0.1) is 5.92 Å². The van der Waals surface area contributed by atoms with Gasteiger partial charge >= 0.3 is 5.97 Å². The van der Waals surface area contributed by atoms with E-state index in [1.165, 1.54) is 18.1 Å². The lowest BCUT2D eigenvalue weighted by Crippen LogP contribution is -2.50. The van der Waals surface area contributed by atoms with Crippen molar-refractivity contribution in [3.8, 4) is 0 Å². The Morgan fingerprint density at radius 2 is 1.44 bits per heavy atom. The van der Waals surface area contributed by atoms with Crippen LogP contribution in [-0.2, 0) is 14.9 Å². The number of hydrogen-bond acceptors (Lipinski definition) is 3. The zero-order valence-electron chi connectivity index (χ0n) is 17.0. The van der Waals surface area contributed by atoms with Gasteiger partial charge in [-0.25, -0.2) is 0 Å². The molecule has 2 rings (SSSR count). The van der Waals surface area contributed by atoms with Gasteiger partial charge < -0.3 is 9.64 Å². The van der Waals surface area contributed by atoms with E-state index >= 15 is 0 Å². The zero-order chi connectivity index (χ0) is 19.2. The van der Waals surface area contributed by atoms with Crippen molar-refractivity contribution in [1.29, 1.82) is 0 Å². The summed E-state index contributed by atoms with van der Waals surface area (Å²) in [5.74, 6) is 0.0109. The van der Waals surface area contributed by atoms with Gasteiger partial charge in [0, 0.05) is 13.5 Å². The Morgan fingerprint density at radius 1 is 1.00 bits per heavy atom. The molecule has 0 heterocycles. The van der Waals surface area contributed by atoms with Gasteiger partial charge in [-0.15, -0.1) is 12.4 Å². The van der Waals surface area contributed by atoms with Gasteiger partial charge in [0.2, 0.25) is 0 Å². The molecule has 0 amide bonds. The second kappa shape index (κ2) is 10.5. The first-order valence-corrected chi connectivity index (χ1v) is 9.35. The normalized spacial score (nSPS) is 13.6. The molecule has 4 heteroatoms. The van der Waals surface area contributed by atoms with Crippen molar-refractivity contribution in [1.82, 2.24) is 4.90 Å². The predicted molar refractivity (Wildman–Crippen MR) is 114 cm³/mol. The topological polar surface area (TPSA) is 29.5 Å². The third-order valence-electron chi connectivity index (χ3n) is 5.11. The van der Waals surface area contributed by atoms with Gasteiger partial charge in [-0.05, 0) is 37.6 Å². The summed E-state index contributed by atoms with van der Waals surface area (Å²) in [4.78, 5) is 14.1. The van der Waals surface area contributed by atoms with Crippen molar-refractivity contribution in [2.45, 2.75) is 38.7 Å². The van der Waals surface area contributed by atoms with E-state index in [0.29, 0.717) is 0 Å². The number of ether oxygens (including phenoxy) is 1. The first-order chi connectivity index (χ1) is 12.4. The van der Waals surface area contributed by atoms with Crippen LogP contribution >= 0.6 is 12.4 Å². The quantitative estimate of drug-likeness (QED) is 0.599. The standard InChI is InChI=1S/C23H31NO2.ClH/c1-6-22(26-19(3)25)23(18(2)17-24(4)5,20-13-9-7-10-14-20)21-15-11-8-12-16-21;/h7-16,18,22H,6,17H2,1-5H3;1H/t18-,22+;/m0./s1. The predicted octanol–water partition coefficient (Wildman–Crippen LogP) is 4.93. The molecule has 0 saturated carbocycles. The Hall–Kier alpha value is -1.84. The summed E-state index contributed by atoms with van der Waals surface area (Å²) in [6.07, 6.45) is 0.515. The van der Waals surface area contributed by atoms with E-state index < -0.39 is 5.41 Å². The van der Waals surface area contributed by atoms with Crippen LogP contribution in [-0.4, -0.2) is 37.6 Å². The number of benzene rings is 2.